The van der Waals surface area contributed by atoms with Gasteiger partial charge in [0.15, 0.2) is 0 Å². The van der Waals surface area contributed by atoms with Gasteiger partial charge in [-0.3, -0.25) is 0 Å². The first kappa shape index (κ1) is 18.9. The van der Waals surface area contributed by atoms with Crippen LogP contribution >= 0.6 is 11.8 Å². The number of tetrazole rings is 1. The molecule has 1 atom stereocenters. The summed E-state index contributed by atoms with van der Waals surface area (Å²) >= 11 is 2.03. The molecule has 30 heavy (non-hydrogen) atoms. The summed E-state index contributed by atoms with van der Waals surface area (Å²) in [6, 6.07) is 32.6. The van der Waals surface area contributed by atoms with Crippen molar-refractivity contribution in [2.75, 3.05) is 18.0 Å². The van der Waals surface area contributed by atoms with Crippen LogP contribution in [-0.4, -0.2) is 39.0 Å². The molecule has 5 nitrogen and oxygen atoms in total. The van der Waals surface area contributed by atoms with Crippen molar-refractivity contribution in [3.05, 3.63) is 108 Å². The molecule has 1 aliphatic rings. The highest BCUT2D eigenvalue weighted by molar-refractivity contribution is 8.01. The Balaban J connectivity index is 1.59. The molecule has 1 aliphatic heterocycles. The second-order valence-corrected chi connectivity index (χ2v) is 8.98. The van der Waals surface area contributed by atoms with Gasteiger partial charge in [0.05, 0.1) is 4.75 Å². The summed E-state index contributed by atoms with van der Waals surface area (Å²) in [7, 11) is 0. The minimum atomic E-state index is -0.290. The predicted molar refractivity (Wildman–Crippen MR) is 122 cm³/mol. The molecule has 6 heteroatoms. The molecule has 0 aliphatic carbocycles. The van der Waals surface area contributed by atoms with Crippen LogP contribution in [-0.2, 0) is 4.75 Å². The van der Waals surface area contributed by atoms with Crippen LogP contribution in [0.25, 0.3) is 0 Å². The van der Waals surface area contributed by atoms with Crippen molar-refractivity contribution in [1.82, 2.24) is 20.6 Å². The normalized spacial score (nSPS) is 16.7. The first-order chi connectivity index (χ1) is 14.9. The largest absolute Gasteiger partial charge is 0.337 e. The van der Waals surface area contributed by atoms with Crippen molar-refractivity contribution >= 4 is 17.7 Å². The van der Waals surface area contributed by atoms with E-state index in [9.17, 15) is 0 Å². The molecule has 2 heterocycles. The van der Waals surface area contributed by atoms with E-state index in [-0.39, 0.29) is 4.75 Å². The van der Waals surface area contributed by atoms with Crippen LogP contribution in [0, 0.1) is 0 Å². The lowest BCUT2D eigenvalue weighted by atomic mass is 9.84. The highest BCUT2D eigenvalue weighted by atomic mass is 32.2. The van der Waals surface area contributed by atoms with E-state index >= 15 is 0 Å². The minimum Gasteiger partial charge on any atom is -0.337 e. The second kappa shape index (κ2) is 8.32. The molecule has 1 saturated heterocycles. The summed E-state index contributed by atoms with van der Waals surface area (Å²) in [5.41, 5.74) is 3.89. The third-order valence-corrected chi connectivity index (χ3v) is 7.43. The van der Waals surface area contributed by atoms with Crippen molar-refractivity contribution in [3.8, 4) is 0 Å². The molecular weight excluding hydrogens is 390 g/mol. The fourth-order valence-corrected chi connectivity index (χ4v) is 6.06. The van der Waals surface area contributed by atoms with E-state index in [2.05, 4.69) is 117 Å². The fraction of sp³-hybridized carbons (Fsp3) is 0.208. The summed E-state index contributed by atoms with van der Waals surface area (Å²) < 4.78 is -0.290. The molecular formula is C24H23N5S. The Hall–Kier alpha value is -3.12. The lowest BCUT2D eigenvalue weighted by Crippen LogP contribution is -2.30. The number of nitrogens with zero attached hydrogens (tertiary/aromatic N) is 4. The van der Waals surface area contributed by atoms with E-state index in [0.29, 0.717) is 11.2 Å². The van der Waals surface area contributed by atoms with Gasteiger partial charge in [-0.1, -0.05) is 96.1 Å². The number of H-pyrrole nitrogens is 1. The molecule has 5 rings (SSSR count). The first-order valence-electron chi connectivity index (χ1n) is 10.2. The Morgan fingerprint density at radius 3 is 1.80 bits per heavy atom. The zero-order valence-corrected chi connectivity index (χ0v) is 17.4. The molecule has 1 aromatic heterocycles. The Morgan fingerprint density at radius 2 is 1.33 bits per heavy atom. The van der Waals surface area contributed by atoms with Crippen LogP contribution < -0.4 is 4.90 Å². The smallest absolute Gasteiger partial charge is 0.265 e. The number of aromatic nitrogens is 4. The van der Waals surface area contributed by atoms with Gasteiger partial charge >= 0.3 is 0 Å². The van der Waals surface area contributed by atoms with Crippen molar-refractivity contribution in [3.63, 3.8) is 0 Å². The number of thioether (sulfide) groups is 1. The molecule has 0 saturated carbocycles. The average molecular weight is 414 g/mol. The summed E-state index contributed by atoms with van der Waals surface area (Å²) in [5, 5.41) is 15.1. The molecule has 0 spiro atoms. The van der Waals surface area contributed by atoms with E-state index in [1.807, 2.05) is 11.8 Å². The van der Waals surface area contributed by atoms with Crippen LogP contribution in [0.4, 0.5) is 5.95 Å². The van der Waals surface area contributed by atoms with E-state index in [1.165, 1.54) is 16.7 Å². The Labute approximate surface area is 180 Å². The maximum Gasteiger partial charge on any atom is 0.265 e. The number of rotatable bonds is 6. The molecule has 4 aromatic rings. The van der Waals surface area contributed by atoms with Crippen LogP contribution in [0.15, 0.2) is 91.0 Å². The molecule has 0 bridgehead atoms. The highest BCUT2D eigenvalue weighted by Gasteiger charge is 2.41. The minimum absolute atomic E-state index is 0.290. The SMILES string of the molecule is c1ccc(C(SC2CCN(c3nn[nH]n3)C2)(c2ccccc2)c2ccccc2)cc1. The Bertz CT molecular complexity index is 958. The average Bonchev–Trinajstić information content (AvgIpc) is 3.51. The topological polar surface area (TPSA) is 57.7 Å². The van der Waals surface area contributed by atoms with Gasteiger partial charge in [0.1, 0.15) is 0 Å². The maximum atomic E-state index is 4.17. The van der Waals surface area contributed by atoms with Gasteiger partial charge in [0, 0.05) is 18.3 Å². The number of anilines is 1. The number of benzene rings is 3. The van der Waals surface area contributed by atoms with Crippen molar-refractivity contribution in [1.29, 1.82) is 0 Å². The van der Waals surface area contributed by atoms with Gasteiger partial charge in [0.25, 0.3) is 5.95 Å². The van der Waals surface area contributed by atoms with E-state index in [0.717, 1.165) is 19.5 Å². The van der Waals surface area contributed by atoms with E-state index < -0.39 is 0 Å². The predicted octanol–water partition coefficient (Wildman–Crippen LogP) is 4.50. The van der Waals surface area contributed by atoms with Gasteiger partial charge in [-0.15, -0.1) is 16.9 Å². The molecule has 1 fully saturated rings. The number of aromatic amines is 1. The highest BCUT2D eigenvalue weighted by Crippen LogP contribution is 2.51. The zero-order valence-electron chi connectivity index (χ0n) is 16.6. The van der Waals surface area contributed by atoms with E-state index in [4.69, 9.17) is 0 Å². The van der Waals surface area contributed by atoms with Crippen molar-refractivity contribution < 1.29 is 0 Å². The fourth-order valence-electron chi connectivity index (χ4n) is 4.27. The summed E-state index contributed by atoms with van der Waals surface area (Å²) in [6.45, 7) is 1.84. The quantitative estimate of drug-likeness (QED) is 0.472. The lowest BCUT2D eigenvalue weighted by Gasteiger charge is -2.37. The number of nitrogens with one attached hydrogen (secondary N) is 1. The van der Waals surface area contributed by atoms with Crippen LogP contribution in [0.1, 0.15) is 23.1 Å². The van der Waals surface area contributed by atoms with Gasteiger partial charge in [0.2, 0.25) is 0 Å². The Kier molecular flexibility index (Phi) is 5.24. The van der Waals surface area contributed by atoms with Crippen LogP contribution in [0.5, 0.6) is 0 Å². The van der Waals surface area contributed by atoms with E-state index in [1.54, 1.807) is 0 Å². The maximum absolute atomic E-state index is 4.17. The van der Waals surface area contributed by atoms with Crippen LogP contribution in [0.2, 0.25) is 0 Å². The standard InChI is InChI=1S/C24H23N5S/c1-4-10-19(11-5-1)24(20-12-6-2-7-13-20,21-14-8-3-9-15-21)30-22-16-17-29(18-22)23-25-27-28-26-23/h1-15,22H,16-18H2,(H,25,26,27,28). The molecule has 1 N–H and O–H groups in total. The number of hydrogen-bond donors (Lipinski definition) is 1. The van der Waals surface area contributed by atoms with Gasteiger partial charge < -0.3 is 4.90 Å². The Morgan fingerprint density at radius 1 is 0.800 bits per heavy atom. The first-order valence-corrected chi connectivity index (χ1v) is 11.1. The molecule has 3 aromatic carbocycles. The third kappa shape index (κ3) is 3.48. The van der Waals surface area contributed by atoms with Crippen LogP contribution in [0.3, 0.4) is 0 Å². The van der Waals surface area contributed by atoms with Gasteiger partial charge in [-0.05, 0) is 28.3 Å². The summed E-state index contributed by atoms with van der Waals surface area (Å²) in [6.07, 6.45) is 1.08. The zero-order chi connectivity index (χ0) is 20.2. The van der Waals surface area contributed by atoms with Gasteiger partial charge in [-0.25, -0.2) is 0 Å². The van der Waals surface area contributed by atoms with Crippen molar-refractivity contribution in [2.24, 2.45) is 0 Å². The summed E-state index contributed by atoms with van der Waals surface area (Å²) in [4.78, 5) is 2.22. The molecule has 1 unspecified atom stereocenters. The second-order valence-electron chi connectivity index (χ2n) is 7.47. The van der Waals surface area contributed by atoms with Gasteiger partial charge in [-0.2, -0.15) is 5.21 Å². The lowest BCUT2D eigenvalue weighted by molar-refractivity contribution is 0.864. The monoisotopic (exact) mass is 413 g/mol. The third-order valence-electron chi connectivity index (χ3n) is 5.65. The summed E-state index contributed by atoms with van der Waals surface area (Å²) in [5.74, 6) is 0.683. The molecule has 0 radical (unpaired) electrons. The van der Waals surface area contributed by atoms with Crippen molar-refractivity contribution in [2.45, 2.75) is 16.4 Å². The molecule has 0 amide bonds. The number of hydrogen-bond acceptors (Lipinski definition) is 5. The molecule has 150 valence electrons.